The number of benzene rings is 2. The molecule has 0 aliphatic carbocycles. The Bertz CT molecular complexity index is 712. The average Bonchev–Trinajstić information content (AvgIpc) is 2.48. The largest absolute Gasteiger partial charge is 0.324 e. The maximum Gasteiger partial charge on any atom is 0.234 e. The summed E-state index contributed by atoms with van der Waals surface area (Å²) in [7, 11) is -3.66. The van der Waals surface area contributed by atoms with Gasteiger partial charge in [0.15, 0.2) is 0 Å². The van der Waals surface area contributed by atoms with Crippen LogP contribution in [-0.2, 0) is 14.6 Å². The van der Waals surface area contributed by atoms with Gasteiger partial charge in [-0.1, -0.05) is 30.3 Å². The quantitative estimate of drug-likeness (QED) is 0.853. The van der Waals surface area contributed by atoms with Crippen LogP contribution >= 0.6 is 12.6 Å². The molecule has 0 atom stereocenters. The Hall–Kier alpha value is -1.79. The van der Waals surface area contributed by atoms with E-state index in [1.165, 1.54) is 18.2 Å². The van der Waals surface area contributed by atoms with Crippen LogP contribution in [0.1, 0.15) is 0 Å². The van der Waals surface area contributed by atoms with Crippen molar-refractivity contribution in [2.45, 2.75) is 9.79 Å². The monoisotopic (exact) mass is 307 g/mol. The first-order valence-electron chi connectivity index (χ1n) is 5.85. The number of rotatable bonds is 4. The lowest BCUT2D eigenvalue weighted by Crippen LogP contribution is -2.15. The van der Waals surface area contributed by atoms with Crippen LogP contribution in [0, 0.1) is 0 Å². The van der Waals surface area contributed by atoms with Gasteiger partial charge in [0.2, 0.25) is 15.7 Å². The Labute approximate surface area is 123 Å². The van der Waals surface area contributed by atoms with Crippen molar-refractivity contribution >= 4 is 34.1 Å². The molecule has 0 aromatic heterocycles. The summed E-state index contributed by atoms with van der Waals surface area (Å²) in [5.41, 5.74) is 0.260. The van der Waals surface area contributed by atoms with E-state index >= 15 is 0 Å². The van der Waals surface area contributed by atoms with E-state index in [1.807, 2.05) is 0 Å². The summed E-state index contributed by atoms with van der Waals surface area (Å²) >= 11 is 3.86. The number of carbonyl (C=O) groups excluding carboxylic acids is 1. The van der Waals surface area contributed by atoms with Gasteiger partial charge in [0.1, 0.15) is 0 Å². The van der Waals surface area contributed by atoms with Crippen LogP contribution in [-0.4, -0.2) is 20.1 Å². The zero-order valence-corrected chi connectivity index (χ0v) is 12.2. The summed E-state index contributed by atoms with van der Waals surface area (Å²) in [5.74, 6) is -0.372. The third-order valence-corrected chi connectivity index (χ3v) is 4.76. The van der Waals surface area contributed by atoms with Crippen LogP contribution in [0.5, 0.6) is 0 Å². The minimum absolute atomic E-state index is 0.0142. The molecule has 0 aliphatic rings. The minimum Gasteiger partial charge on any atom is -0.324 e. The molecule has 104 valence electrons. The number of anilines is 1. The summed E-state index contributed by atoms with van der Waals surface area (Å²) in [6.07, 6.45) is 0. The van der Waals surface area contributed by atoms with Gasteiger partial charge in [0.25, 0.3) is 0 Å². The van der Waals surface area contributed by atoms with Crippen molar-refractivity contribution in [1.82, 2.24) is 0 Å². The summed E-state index contributed by atoms with van der Waals surface area (Å²) in [5, 5.41) is 2.54. The van der Waals surface area contributed by atoms with Crippen LogP contribution in [0.2, 0.25) is 0 Å². The van der Waals surface area contributed by atoms with E-state index < -0.39 is 9.84 Å². The molecule has 0 spiro atoms. The molecule has 0 saturated carbocycles. The van der Waals surface area contributed by atoms with Gasteiger partial charge in [0.05, 0.1) is 21.2 Å². The standard InChI is InChI=1S/C14H13NO3S2/c16-14(10-19)15-12-8-4-5-9-13(12)20(17,18)11-6-2-1-3-7-11/h1-9,19H,10H2,(H,15,16). The second-order valence-electron chi connectivity index (χ2n) is 4.02. The first kappa shape index (κ1) is 14.6. The fraction of sp³-hybridized carbons (Fsp3) is 0.0714. The number of carbonyl (C=O) groups is 1. The predicted octanol–water partition coefficient (Wildman–Crippen LogP) is 2.39. The van der Waals surface area contributed by atoms with E-state index in [4.69, 9.17) is 0 Å². The van der Waals surface area contributed by atoms with Gasteiger partial charge in [0, 0.05) is 0 Å². The topological polar surface area (TPSA) is 63.2 Å². The number of para-hydroxylation sites is 1. The van der Waals surface area contributed by atoms with Gasteiger partial charge in [-0.25, -0.2) is 8.42 Å². The lowest BCUT2D eigenvalue weighted by atomic mass is 10.3. The summed E-state index contributed by atoms with van der Waals surface area (Å²) < 4.78 is 25.1. The molecule has 0 fully saturated rings. The fourth-order valence-corrected chi connectivity index (χ4v) is 3.24. The molecule has 0 radical (unpaired) electrons. The Morgan fingerprint density at radius 1 is 1.00 bits per heavy atom. The van der Waals surface area contributed by atoms with Gasteiger partial charge in [-0.15, -0.1) is 0 Å². The molecule has 0 heterocycles. The zero-order valence-electron chi connectivity index (χ0n) is 10.5. The molecule has 2 aromatic carbocycles. The molecule has 2 rings (SSSR count). The van der Waals surface area contributed by atoms with Crippen molar-refractivity contribution in [2.24, 2.45) is 0 Å². The Balaban J connectivity index is 2.50. The van der Waals surface area contributed by atoms with E-state index in [-0.39, 0.29) is 27.1 Å². The molecule has 0 bridgehead atoms. The molecule has 0 saturated heterocycles. The first-order chi connectivity index (χ1) is 9.55. The Morgan fingerprint density at radius 3 is 2.25 bits per heavy atom. The summed E-state index contributed by atoms with van der Waals surface area (Å²) in [4.78, 5) is 11.7. The maximum atomic E-state index is 12.6. The second kappa shape index (κ2) is 6.11. The predicted molar refractivity (Wildman–Crippen MR) is 80.8 cm³/mol. The number of sulfone groups is 1. The SMILES string of the molecule is O=C(CS)Nc1ccccc1S(=O)(=O)c1ccccc1. The van der Waals surface area contributed by atoms with Crippen molar-refractivity contribution in [3.05, 3.63) is 54.6 Å². The first-order valence-corrected chi connectivity index (χ1v) is 7.97. The number of amides is 1. The molecule has 1 amide bonds. The van der Waals surface area contributed by atoms with E-state index in [2.05, 4.69) is 17.9 Å². The van der Waals surface area contributed by atoms with Crippen molar-refractivity contribution in [3.63, 3.8) is 0 Å². The van der Waals surface area contributed by atoms with Gasteiger partial charge < -0.3 is 5.32 Å². The lowest BCUT2D eigenvalue weighted by molar-refractivity contribution is -0.113. The third kappa shape index (κ3) is 3.02. The third-order valence-electron chi connectivity index (χ3n) is 2.65. The van der Waals surface area contributed by atoms with Crippen LogP contribution in [0.4, 0.5) is 5.69 Å². The number of hydrogen-bond acceptors (Lipinski definition) is 4. The van der Waals surface area contributed by atoms with E-state index in [9.17, 15) is 13.2 Å². The van der Waals surface area contributed by atoms with Crippen molar-refractivity contribution < 1.29 is 13.2 Å². The normalized spacial score (nSPS) is 11.1. The van der Waals surface area contributed by atoms with Crippen LogP contribution in [0.3, 0.4) is 0 Å². The highest BCUT2D eigenvalue weighted by atomic mass is 32.2. The number of nitrogens with one attached hydrogen (secondary N) is 1. The minimum atomic E-state index is -3.66. The summed E-state index contributed by atoms with van der Waals surface area (Å²) in [6, 6.07) is 14.4. The molecule has 1 N–H and O–H groups in total. The van der Waals surface area contributed by atoms with Crippen molar-refractivity contribution in [1.29, 1.82) is 0 Å². The average molecular weight is 307 g/mol. The van der Waals surface area contributed by atoms with E-state index in [0.717, 1.165) is 0 Å². The maximum absolute atomic E-state index is 12.6. The van der Waals surface area contributed by atoms with Crippen molar-refractivity contribution in [2.75, 3.05) is 11.1 Å². The van der Waals surface area contributed by atoms with Crippen molar-refractivity contribution in [3.8, 4) is 0 Å². The number of thiol groups is 1. The Kier molecular flexibility index (Phi) is 4.46. The molecular formula is C14H13NO3S2. The lowest BCUT2D eigenvalue weighted by Gasteiger charge is -2.11. The molecule has 20 heavy (non-hydrogen) atoms. The highest BCUT2D eigenvalue weighted by molar-refractivity contribution is 7.91. The second-order valence-corrected chi connectivity index (χ2v) is 6.25. The van der Waals surface area contributed by atoms with Crippen LogP contribution < -0.4 is 5.32 Å². The summed E-state index contributed by atoms with van der Waals surface area (Å²) in [6.45, 7) is 0. The van der Waals surface area contributed by atoms with Gasteiger partial charge in [-0.3, -0.25) is 4.79 Å². The zero-order chi connectivity index (χ0) is 14.6. The fourth-order valence-electron chi connectivity index (χ4n) is 1.72. The number of hydrogen-bond donors (Lipinski definition) is 2. The van der Waals surface area contributed by atoms with Crippen LogP contribution in [0.15, 0.2) is 64.4 Å². The smallest absolute Gasteiger partial charge is 0.234 e. The molecule has 6 heteroatoms. The Morgan fingerprint density at radius 2 is 1.60 bits per heavy atom. The van der Waals surface area contributed by atoms with E-state index in [0.29, 0.717) is 0 Å². The molecule has 0 unspecified atom stereocenters. The molecule has 4 nitrogen and oxygen atoms in total. The van der Waals surface area contributed by atoms with Gasteiger partial charge in [-0.05, 0) is 24.3 Å². The highest BCUT2D eigenvalue weighted by Crippen LogP contribution is 2.27. The van der Waals surface area contributed by atoms with Gasteiger partial charge in [-0.2, -0.15) is 12.6 Å². The van der Waals surface area contributed by atoms with Gasteiger partial charge >= 0.3 is 0 Å². The highest BCUT2D eigenvalue weighted by Gasteiger charge is 2.21. The molecule has 0 aliphatic heterocycles. The van der Waals surface area contributed by atoms with Crippen LogP contribution in [0.25, 0.3) is 0 Å². The van der Waals surface area contributed by atoms with E-state index in [1.54, 1.807) is 36.4 Å². The molecule has 2 aromatic rings. The molecular weight excluding hydrogens is 294 g/mol.